The second kappa shape index (κ2) is 5.59. The van der Waals surface area contributed by atoms with Crippen LogP contribution in [-0.4, -0.2) is 0 Å². The zero-order valence-corrected chi connectivity index (χ0v) is 12.1. The lowest BCUT2D eigenvalue weighted by atomic mass is 10.1. The number of benzene rings is 2. The average molecular weight is 286 g/mol. The Balaban J connectivity index is 1.92. The van der Waals surface area contributed by atoms with Crippen molar-refractivity contribution in [3.8, 4) is 0 Å². The highest BCUT2D eigenvalue weighted by Crippen LogP contribution is 2.28. The molecule has 0 aliphatic heterocycles. The molecule has 0 fully saturated rings. The van der Waals surface area contributed by atoms with Crippen molar-refractivity contribution in [1.82, 2.24) is 0 Å². The van der Waals surface area contributed by atoms with Crippen molar-refractivity contribution in [3.05, 3.63) is 64.9 Å². The van der Waals surface area contributed by atoms with Gasteiger partial charge in [-0.3, -0.25) is 0 Å². The van der Waals surface area contributed by atoms with Crippen molar-refractivity contribution in [1.29, 1.82) is 0 Å². The largest absolute Gasteiger partial charge is 0.461 e. The van der Waals surface area contributed by atoms with Gasteiger partial charge in [0.1, 0.15) is 11.3 Å². The third-order valence-electron chi connectivity index (χ3n) is 3.43. The van der Waals surface area contributed by atoms with E-state index in [0.29, 0.717) is 6.54 Å². The molecule has 0 bridgehead atoms. The van der Waals surface area contributed by atoms with Crippen LogP contribution in [0.2, 0.25) is 5.02 Å². The number of hydrogen-bond acceptors (Lipinski definition) is 2. The van der Waals surface area contributed by atoms with Crippen LogP contribution in [-0.2, 0) is 13.0 Å². The maximum absolute atomic E-state index is 6.17. The zero-order valence-electron chi connectivity index (χ0n) is 11.3. The smallest absolute Gasteiger partial charge is 0.134 e. The summed E-state index contributed by atoms with van der Waals surface area (Å²) in [4.78, 5) is 0. The molecule has 0 saturated heterocycles. The summed E-state index contributed by atoms with van der Waals surface area (Å²) in [6, 6.07) is 15.9. The molecule has 3 heteroatoms. The Hall–Kier alpha value is -1.93. The van der Waals surface area contributed by atoms with Crippen molar-refractivity contribution < 1.29 is 4.42 Å². The van der Waals surface area contributed by atoms with Gasteiger partial charge in [-0.2, -0.15) is 0 Å². The van der Waals surface area contributed by atoms with Gasteiger partial charge >= 0.3 is 0 Å². The monoisotopic (exact) mass is 285 g/mol. The second-order valence-electron chi connectivity index (χ2n) is 4.69. The van der Waals surface area contributed by atoms with Crippen LogP contribution in [0.4, 0.5) is 5.69 Å². The summed E-state index contributed by atoms with van der Waals surface area (Å²) in [7, 11) is 0. The zero-order chi connectivity index (χ0) is 13.9. The molecule has 0 spiro atoms. The van der Waals surface area contributed by atoms with Gasteiger partial charge in [0.15, 0.2) is 0 Å². The molecule has 20 heavy (non-hydrogen) atoms. The van der Waals surface area contributed by atoms with Crippen LogP contribution in [0, 0.1) is 0 Å². The number of hydrogen-bond donors (Lipinski definition) is 1. The Morgan fingerprint density at radius 1 is 1.05 bits per heavy atom. The molecule has 3 rings (SSSR count). The molecule has 0 aliphatic carbocycles. The van der Waals surface area contributed by atoms with E-state index in [9.17, 15) is 0 Å². The molecule has 102 valence electrons. The summed E-state index contributed by atoms with van der Waals surface area (Å²) in [5.74, 6) is 1.03. The van der Waals surface area contributed by atoms with Crippen LogP contribution in [0.25, 0.3) is 11.0 Å². The number of halogens is 1. The van der Waals surface area contributed by atoms with Crippen molar-refractivity contribution in [3.63, 3.8) is 0 Å². The molecule has 0 aliphatic rings. The average Bonchev–Trinajstić information content (AvgIpc) is 2.84. The predicted molar refractivity (Wildman–Crippen MR) is 84.4 cm³/mol. The van der Waals surface area contributed by atoms with Gasteiger partial charge in [0.25, 0.3) is 0 Å². The minimum atomic E-state index is 0.712. The predicted octanol–water partition coefficient (Wildman–Crippen LogP) is 5.26. The maximum Gasteiger partial charge on any atom is 0.134 e. The Bertz CT molecular complexity index is 733. The van der Waals surface area contributed by atoms with E-state index < -0.39 is 0 Å². The number of nitrogens with one attached hydrogen (secondary N) is 1. The molecule has 0 unspecified atom stereocenters. The van der Waals surface area contributed by atoms with E-state index in [4.69, 9.17) is 16.0 Å². The maximum atomic E-state index is 6.17. The summed E-state index contributed by atoms with van der Waals surface area (Å²) in [5, 5.41) is 5.30. The Kier molecular flexibility index (Phi) is 3.66. The van der Waals surface area contributed by atoms with Crippen molar-refractivity contribution >= 4 is 28.3 Å². The lowest BCUT2D eigenvalue weighted by Crippen LogP contribution is -2.01. The van der Waals surface area contributed by atoms with Crippen LogP contribution >= 0.6 is 11.6 Å². The lowest BCUT2D eigenvalue weighted by Gasteiger charge is -2.08. The molecule has 2 nitrogen and oxygen atoms in total. The number of para-hydroxylation sites is 2. The highest BCUT2D eigenvalue weighted by molar-refractivity contribution is 6.33. The number of fused-ring (bicyclic) bond motifs is 1. The van der Waals surface area contributed by atoms with Gasteiger partial charge in [-0.1, -0.05) is 48.9 Å². The van der Waals surface area contributed by atoms with Crippen LogP contribution in [0.5, 0.6) is 0 Å². The van der Waals surface area contributed by atoms with Crippen LogP contribution < -0.4 is 5.32 Å². The lowest BCUT2D eigenvalue weighted by molar-refractivity contribution is 0.551. The van der Waals surface area contributed by atoms with Gasteiger partial charge in [0, 0.05) is 23.9 Å². The van der Waals surface area contributed by atoms with Crippen LogP contribution in [0.1, 0.15) is 18.2 Å². The molecule has 0 atom stereocenters. The number of aryl methyl sites for hydroxylation is 1. The van der Waals surface area contributed by atoms with Gasteiger partial charge < -0.3 is 9.73 Å². The molecule has 2 aromatic carbocycles. The molecule has 0 radical (unpaired) electrons. The van der Waals surface area contributed by atoms with E-state index in [-0.39, 0.29) is 0 Å². The topological polar surface area (TPSA) is 25.2 Å². The molecular weight excluding hydrogens is 270 g/mol. The van der Waals surface area contributed by atoms with Crippen molar-refractivity contribution in [2.45, 2.75) is 19.9 Å². The van der Waals surface area contributed by atoms with E-state index in [1.54, 1.807) is 0 Å². The van der Waals surface area contributed by atoms with Crippen molar-refractivity contribution in [2.75, 3.05) is 5.32 Å². The van der Waals surface area contributed by atoms with Crippen molar-refractivity contribution in [2.24, 2.45) is 0 Å². The molecule has 1 aromatic heterocycles. The fourth-order valence-corrected chi connectivity index (χ4v) is 2.62. The third kappa shape index (κ3) is 2.39. The number of furan rings is 1. The first-order valence-corrected chi connectivity index (χ1v) is 7.15. The summed E-state index contributed by atoms with van der Waals surface area (Å²) >= 11 is 6.17. The highest BCUT2D eigenvalue weighted by Gasteiger charge is 2.12. The highest BCUT2D eigenvalue weighted by atomic mass is 35.5. The van der Waals surface area contributed by atoms with Gasteiger partial charge in [0.2, 0.25) is 0 Å². The molecular formula is C17H16ClNO. The van der Waals surface area contributed by atoms with Gasteiger partial charge in [0.05, 0.1) is 10.7 Å². The summed E-state index contributed by atoms with van der Waals surface area (Å²) in [5.41, 5.74) is 3.10. The van der Waals surface area contributed by atoms with E-state index in [0.717, 1.165) is 28.5 Å². The van der Waals surface area contributed by atoms with E-state index in [1.807, 2.05) is 42.5 Å². The standard InChI is InChI=1S/C17H16ClNO/c1-2-16-13(12-7-3-6-10-17(12)20-16)11-19-15-9-5-4-8-14(15)18/h3-10,19H,2,11H2,1H3. The third-order valence-corrected chi connectivity index (χ3v) is 3.76. The fourth-order valence-electron chi connectivity index (χ4n) is 2.42. The number of anilines is 1. The molecule has 3 aromatic rings. The Morgan fingerprint density at radius 2 is 1.80 bits per heavy atom. The van der Waals surface area contributed by atoms with E-state index >= 15 is 0 Å². The van der Waals surface area contributed by atoms with Gasteiger partial charge in [-0.15, -0.1) is 0 Å². The normalized spacial score (nSPS) is 10.9. The molecule has 0 saturated carbocycles. The van der Waals surface area contributed by atoms with Gasteiger partial charge in [-0.05, 0) is 18.2 Å². The Labute approximate surface area is 123 Å². The minimum absolute atomic E-state index is 0.712. The molecule has 1 N–H and O–H groups in total. The second-order valence-corrected chi connectivity index (χ2v) is 5.09. The number of rotatable bonds is 4. The molecule has 1 heterocycles. The minimum Gasteiger partial charge on any atom is -0.461 e. The first-order valence-electron chi connectivity index (χ1n) is 6.77. The van der Waals surface area contributed by atoms with Crippen LogP contribution in [0.3, 0.4) is 0 Å². The van der Waals surface area contributed by atoms with Gasteiger partial charge in [-0.25, -0.2) is 0 Å². The Morgan fingerprint density at radius 3 is 2.60 bits per heavy atom. The van der Waals surface area contributed by atoms with E-state index in [1.165, 1.54) is 10.9 Å². The SMILES string of the molecule is CCc1oc2ccccc2c1CNc1ccccc1Cl. The first-order chi connectivity index (χ1) is 9.79. The summed E-state index contributed by atoms with van der Waals surface area (Å²) in [6.07, 6.45) is 0.883. The van der Waals surface area contributed by atoms with Crippen LogP contribution in [0.15, 0.2) is 52.9 Å². The molecule has 0 amide bonds. The summed E-state index contributed by atoms with van der Waals surface area (Å²) in [6.45, 7) is 2.82. The fraction of sp³-hybridized carbons (Fsp3) is 0.176. The first kappa shape index (κ1) is 13.1. The van der Waals surface area contributed by atoms with E-state index in [2.05, 4.69) is 18.3 Å². The quantitative estimate of drug-likeness (QED) is 0.707. The summed E-state index contributed by atoms with van der Waals surface area (Å²) < 4.78 is 5.89.